The minimum atomic E-state index is -0.503. The van der Waals surface area contributed by atoms with Crippen molar-refractivity contribution in [1.29, 1.82) is 0 Å². The lowest BCUT2D eigenvalue weighted by molar-refractivity contribution is 1.66. The zero-order valence-electron chi connectivity index (χ0n) is 8.66. The Morgan fingerprint density at radius 3 is 2.00 bits per heavy atom. The van der Waals surface area contributed by atoms with Crippen LogP contribution in [0, 0.1) is 0 Å². The quantitative estimate of drug-likeness (QED) is 0.773. The van der Waals surface area contributed by atoms with Crippen LogP contribution >= 0.6 is 10.0 Å². The second-order valence-corrected chi connectivity index (χ2v) is 7.78. The number of hydrogen-bond acceptors (Lipinski definition) is 1. The van der Waals surface area contributed by atoms with Crippen LogP contribution in [0.15, 0.2) is 35.7 Å². The summed E-state index contributed by atoms with van der Waals surface area (Å²) in [5.74, 6) is 0. The molecule has 0 aliphatic heterocycles. The van der Waals surface area contributed by atoms with E-state index in [0.717, 1.165) is 0 Å². The molecule has 74 valence electrons. The highest BCUT2D eigenvalue weighted by Gasteiger charge is 1.95. The van der Waals surface area contributed by atoms with Crippen LogP contribution in [0.3, 0.4) is 0 Å². The highest BCUT2D eigenvalue weighted by atomic mass is 32.3. The molecule has 2 heteroatoms. The van der Waals surface area contributed by atoms with Gasteiger partial charge >= 0.3 is 0 Å². The Morgan fingerprint density at radius 2 is 1.54 bits per heavy atom. The third-order valence-electron chi connectivity index (χ3n) is 1.47. The van der Waals surface area contributed by atoms with Gasteiger partial charge in [-0.3, -0.25) is 0 Å². The molecule has 0 bridgehead atoms. The molecule has 0 aliphatic carbocycles. The van der Waals surface area contributed by atoms with Crippen LogP contribution in [-0.4, -0.2) is 18.8 Å². The molecule has 13 heavy (non-hydrogen) atoms. The van der Waals surface area contributed by atoms with E-state index in [0.29, 0.717) is 0 Å². The monoisotopic (exact) mass is 197 g/mol. The van der Waals surface area contributed by atoms with E-state index in [9.17, 15) is 0 Å². The summed E-state index contributed by atoms with van der Waals surface area (Å²) in [5.41, 5.74) is 1.29. The molecule has 1 rings (SSSR count). The van der Waals surface area contributed by atoms with Gasteiger partial charge in [0.25, 0.3) is 0 Å². The zero-order valence-corrected chi connectivity index (χ0v) is 9.47. The van der Waals surface area contributed by atoms with E-state index < -0.39 is 10.0 Å². The normalized spacial score (nSPS) is 12.5. The SMILES string of the molecule is CS(C)(C)C=Cc1ccccc1.N. The van der Waals surface area contributed by atoms with Gasteiger partial charge in [0, 0.05) is 0 Å². The molecule has 0 radical (unpaired) electrons. The fourth-order valence-electron chi connectivity index (χ4n) is 0.847. The Balaban J connectivity index is 0.00000144. The van der Waals surface area contributed by atoms with Crippen LogP contribution in [0.4, 0.5) is 0 Å². The summed E-state index contributed by atoms with van der Waals surface area (Å²) < 4.78 is 0. The van der Waals surface area contributed by atoms with E-state index in [-0.39, 0.29) is 6.15 Å². The average molecular weight is 197 g/mol. The average Bonchev–Trinajstić information content (AvgIpc) is 2.02. The first-order valence-corrected chi connectivity index (χ1v) is 6.91. The highest BCUT2D eigenvalue weighted by molar-refractivity contribution is 8.34. The van der Waals surface area contributed by atoms with Crippen molar-refractivity contribution in [2.45, 2.75) is 0 Å². The van der Waals surface area contributed by atoms with Gasteiger partial charge in [-0.05, 0) is 29.7 Å². The van der Waals surface area contributed by atoms with Crippen molar-refractivity contribution in [3.63, 3.8) is 0 Å². The largest absolute Gasteiger partial charge is 0.344 e. The Hall–Kier alpha value is -0.730. The van der Waals surface area contributed by atoms with Crippen LogP contribution in [0.2, 0.25) is 0 Å². The van der Waals surface area contributed by atoms with Gasteiger partial charge in [0.05, 0.1) is 0 Å². The van der Waals surface area contributed by atoms with E-state index in [1.54, 1.807) is 0 Å². The second kappa shape index (κ2) is 5.10. The zero-order chi connectivity index (χ0) is 9.03. The molecule has 0 heterocycles. The fraction of sp³-hybridized carbons (Fsp3) is 0.273. The lowest BCUT2D eigenvalue weighted by Gasteiger charge is -2.18. The topological polar surface area (TPSA) is 35.0 Å². The van der Waals surface area contributed by atoms with Gasteiger partial charge in [0.2, 0.25) is 0 Å². The van der Waals surface area contributed by atoms with E-state index in [1.807, 2.05) is 6.07 Å². The highest BCUT2D eigenvalue weighted by Crippen LogP contribution is 2.36. The smallest absolute Gasteiger partial charge is 0.0252 e. The lowest BCUT2D eigenvalue weighted by Crippen LogP contribution is -1.83. The van der Waals surface area contributed by atoms with Gasteiger partial charge in [-0.25, -0.2) is 10.0 Å². The van der Waals surface area contributed by atoms with Gasteiger partial charge in [-0.15, -0.1) is 0 Å². The number of benzene rings is 1. The summed E-state index contributed by atoms with van der Waals surface area (Å²) >= 11 is 0. The first-order chi connectivity index (χ1) is 5.58. The van der Waals surface area contributed by atoms with Gasteiger partial charge in [-0.2, -0.15) is 0 Å². The maximum Gasteiger partial charge on any atom is -0.0252 e. The first kappa shape index (κ1) is 12.3. The summed E-state index contributed by atoms with van der Waals surface area (Å²) in [6.45, 7) is 0. The predicted octanol–water partition coefficient (Wildman–Crippen LogP) is 3.51. The number of hydrogen-bond donors (Lipinski definition) is 1. The van der Waals surface area contributed by atoms with Crippen LogP contribution < -0.4 is 6.15 Å². The molecular formula is C11H19NS. The molecule has 1 nitrogen and oxygen atoms in total. The molecule has 0 aromatic heterocycles. The molecule has 3 N–H and O–H groups in total. The van der Waals surface area contributed by atoms with Gasteiger partial charge in [0.15, 0.2) is 0 Å². The molecule has 1 aromatic rings. The molecule has 0 aliphatic rings. The second-order valence-electron chi connectivity index (χ2n) is 3.65. The van der Waals surface area contributed by atoms with E-state index in [1.165, 1.54) is 5.56 Å². The summed E-state index contributed by atoms with van der Waals surface area (Å²) in [6, 6.07) is 10.4. The summed E-state index contributed by atoms with van der Waals surface area (Å²) in [6.07, 6.45) is 9.06. The third-order valence-corrected chi connectivity index (χ3v) is 2.42. The predicted molar refractivity (Wildman–Crippen MR) is 65.9 cm³/mol. The third kappa shape index (κ3) is 5.50. The molecule has 0 amide bonds. The van der Waals surface area contributed by atoms with Crippen LogP contribution in [0.25, 0.3) is 6.08 Å². The standard InChI is InChI=1S/C11H16S.H3N/c1-12(2,3)10-9-11-7-5-4-6-8-11;/h4-10H,1-3H3;1H3. The van der Waals surface area contributed by atoms with E-state index >= 15 is 0 Å². The van der Waals surface area contributed by atoms with Gasteiger partial charge in [-0.1, -0.05) is 36.4 Å². The fourth-order valence-corrected chi connectivity index (χ4v) is 1.41. The van der Waals surface area contributed by atoms with Crippen molar-refractivity contribution in [3.05, 3.63) is 41.3 Å². The molecular weight excluding hydrogens is 178 g/mol. The Morgan fingerprint density at radius 1 is 1.00 bits per heavy atom. The van der Waals surface area contributed by atoms with Crippen LogP contribution in [0.1, 0.15) is 5.56 Å². The molecule has 0 saturated carbocycles. The summed E-state index contributed by atoms with van der Waals surface area (Å²) in [5, 5.41) is 2.31. The Kier molecular flexibility index (Phi) is 4.81. The molecule has 0 atom stereocenters. The van der Waals surface area contributed by atoms with Crippen LogP contribution in [-0.2, 0) is 0 Å². The molecule has 0 fully saturated rings. The Bertz CT molecular complexity index is 259. The Labute approximate surface area is 82.8 Å². The number of rotatable bonds is 2. The first-order valence-electron chi connectivity index (χ1n) is 3.99. The van der Waals surface area contributed by atoms with Crippen LogP contribution in [0.5, 0.6) is 0 Å². The van der Waals surface area contributed by atoms with Crippen molar-refractivity contribution in [1.82, 2.24) is 6.15 Å². The molecule has 0 saturated heterocycles. The van der Waals surface area contributed by atoms with Gasteiger partial charge in [0.1, 0.15) is 0 Å². The van der Waals surface area contributed by atoms with E-state index in [4.69, 9.17) is 0 Å². The minimum Gasteiger partial charge on any atom is -0.344 e. The summed E-state index contributed by atoms with van der Waals surface area (Å²) in [7, 11) is -0.503. The van der Waals surface area contributed by atoms with Crippen molar-refractivity contribution in [2.75, 3.05) is 18.8 Å². The van der Waals surface area contributed by atoms with Crippen molar-refractivity contribution in [3.8, 4) is 0 Å². The molecule has 1 aromatic carbocycles. The summed E-state index contributed by atoms with van der Waals surface area (Å²) in [4.78, 5) is 0. The van der Waals surface area contributed by atoms with Crippen molar-refractivity contribution >= 4 is 16.1 Å². The molecule has 0 unspecified atom stereocenters. The van der Waals surface area contributed by atoms with Crippen molar-refractivity contribution in [2.24, 2.45) is 0 Å². The maximum atomic E-state index is 2.31. The minimum absolute atomic E-state index is 0. The van der Waals surface area contributed by atoms with Crippen molar-refractivity contribution < 1.29 is 0 Å². The van der Waals surface area contributed by atoms with Gasteiger partial charge < -0.3 is 6.15 Å². The van der Waals surface area contributed by atoms with E-state index in [2.05, 4.69) is 54.5 Å². The molecule has 0 spiro atoms. The maximum absolute atomic E-state index is 2.31. The lowest BCUT2D eigenvalue weighted by atomic mass is 10.2.